The van der Waals surface area contributed by atoms with Gasteiger partial charge in [-0.05, 0) is 42.5 Å². The molecule has 1 fully saturated rings. The minimum absolute atomic E-state index is 0.179. The van der Waals surface area contributed by atoms with E-state index in [1.807, 2.05) is 6.07 Å². The summed E-state index contributed by atoms with van der Waals surface area (Å²) in [5.41, 5.74) is 10.7. The first-order valence-electron chi connectivity index (χ1n) is 10.1. The van der Waals surface area contributed by atoms with E-state index in [-0.39, 0.29) is 33.4 Å². The van der Waals surface area contributed by atoms with Crippen LogP contribution in [-0.4, -0.2) is 22.9 Å². The SMILES string of the molecule is CC(=O)Nc1ccc(Cl)c(N=C2NN(c3c(Cl)cc(Cl)cc3Cl)C(=O)C2Sc2ccccc2N)c1. The van der Waals surface area contributed by atoms with Crippen LogP contribution in [0.15, 0.2) is 64.5 Å². The molecule has 4 rings (SSSR count). The monoisotopic (exact) mass is 567 g/mol. The normalized spacial score (nSPS) is 16.5. The highest BCUT2D eigenvalue weighted by atomic mass is 35.5. The lowest BCUT2D eigenvalue weighted by molar-refractivity contribution is -0.116. The molecule has 4 N–H and O–H groups in total. The van der Waals surface area contributed by atoms with E-state index in [1.165, 1.54) is 35.8 Å². The van der Waals surface area contributed by atoms with Crippen molar-refractivity contribution in [2.45, 2.75) is 17.1 Å². The number of halogens is 4. The van der Waals surface area contributed by atoms with Crippen LogP contribution in [0, 0.1) is 0 Å². The molecule has 1 atom stereocenters. The van der Waals surface area contributed by atoms with Gasteiger partial charge in [0, 0.05) is 28.2 Å². The van der Waals surface area contributed by atoms with E-state index in [2.05, 4.69) is 15.7 Å². The second kappa shape index (κ2) is 10.6. The van der Waals surface area contributed by atoms with Gasteiger partial charge in [-0.3, -0.25) is 15.0 Å². The van der Waals surface area contributed by atoms with Gasteiger partial charge in [-0.25, -0.2) is 10.0 Å². The molecule has 1 aliphatic heterocycles. The van der Waals surface area contributed by atoms with Crippen molar-refractivity contribution in [2.24, 2.45) is 4.99 Å². The molecule has 12 heteroatoms. The molecule has 2 amide bonds. The Morgan fingerprint density at radius 2 is 1.74 bits per heavy atom. The largest absolute Gasteiger partial charge is 0.398 e. The number of hydrogen-bond donors (Lipinski definition) is 3. The number of nitrogens with zero attached hydrogens (tertiary/aromatic N) is 2. The summed E-state index contributed by atoms with van der Waals surface area (Å²) in [6, 6.07) is 15.0. The van der Waals surface area contributed by atoms with Gasteiger partial charge in [-0.2, -0.15) is 0 Å². The Bertz CT molecular complexity index is 1340. The number of benzene rings is 3. The van der Waals surface area contributed by atoms with Crippen LogP contribution in [0.4, 0.5) is 22.7 Å². The van der Waals surface area contributed by atoms with Crippen LogP contribution < -0.4 is 21.5 Å². The molecule has 0 aliphatic carbocycles. The molecule has 1 saturated heterocycles. The fourth-order valence-corrected chi connectivity index (χ4v) is 5.47. The number of thioether (sulfide) groups is 1. The van der Waals surface area contributed by atoms with E-state index in [4.69, 9.17) is 52.1 Å². The lowest BCUT2D eigenvalue weighted by atomic mass is 10.2. The van der Waals surface area contributed by atoms with Gasteiger partial charge in [0.15, 0.2) is 0 Å². The van der Waals surface area contributed by atoms with Crippen molar-refractivity contribution in [1.82, 2.24) is 5.43 Å². The highest BCUT2D eigenvalue weighted by Crippen LogP contribution is 2.41. The molecule has 1 heterocycles. The zero-order valence-corrected chi connectivity index (χ0v) is 21.8. The van der Waals surface area contributed by atoms with Gasteiger partial charge in [-0.1, -0.05) is 58.5 Å². The van der Waals surface area contributed by atoms with Crippen LogP contribution in [0.3, 0.4) is 0 Å². The lowest BCUT2D eigenvalue weighted by Crippen LogP contribution is -2.36. The van der Waals surface area contributed by atoms with Gasteiger partial charge in [0.2, 0.25) is 5.91 Å². The molecule has 1 unspecified atom stereocenters. The second-order valence-corrected chi connectivity index (χ2v) is 10.2. The molecular formula is C23H17Cl4N5O2S. The Hall–Kier alpha value is -2.62. The molecule has 0 bridgehead atoms. The Labute approximate surface area is 225 Å². The van der Waals surface area contributed by atoms with Crippen molar-refractivity contribution >= 4 is 98.6 Å². The molecule has 3 aromatic rings. The molecule has 0 saturated carbocycles. The number of rotatable bonds is 5. The van der Waals surface area contributed by atoms with Gasteiger partial charge in [0.1, 0.15) is 16.8 Å². The first-order valence-corrected chi connectivity index (χ1v) is 12.4. The smallest absolute Gasteiger partial charge is 0.267 e. The summed E-state index contributed by atoms with van der Waals surface area (Å²) in [5, 5.41) is 4.09. The summed E-state index contributed by atoms with van der Waals surface area (Å²) < 4.78 is 0. The van der Waals surface area contributed by atoms with Crippen LogP contribution in [0.1, 0.15) is 6.92 Å². The summed E-state index contributed by atoms with van der Waals surface area (Å²) in [4.78, 5) is 30.4. The number of amides is 2. The number of anilines is 3. The van der Waals surface area contributed by atoms with Crippen LogP contribution in [0.5, 0.6) is 0 Å². The summed E-state index contributed by atoms with van der Waals surface area (Å²) in [5.74, 6) is -0.351. The van der Waals surface area contributed by atoms with E-state index in [9.17, 15) is 9.59 Å². The molecule has 180 valence electrons. The molecule has 7 nitrogen and oxygen atoms in total. The number of nitrogens with two attached hydrogens (primary N) is 1. The average molecular weight is 569 g/mol. The predicted octanol–water partition coefficient (Wildman–Crippen LogP) is 6.58. The van der Waals surface area contributed by atoms with Crippen LogP contribution in [0.25, 0.3) is 0 Å². The van der Waals surface area contributed by atoms with E-state index < -0.39 is 5.25 Å². The summed E-state index contributed by atoms with van der Waals surface area (Å²) in [7, 11) is 0. The number of carbonyl (C=O) groups excluding carboxylic acids is 2. The number of aliphatic imine (C=N–C) groups is 1. The summed E-state index contributed by atoms with van der Waals surface area (Å²) >= 11 is 26.4. The van der Waals surface area contributed by atoms with Gasteiger partial charge in [0.25, 0.3) is 5.91 Å². The number of nitrogens with one attached hydrogen (secondary N) is 2. The van der Waals surface area contributed by atoms with E-state index in [0.29, 0.717) is 32.0 Å². The highest BCUT2D eigenvalue weighted by molar-refractivity contribution is 8.01. The van der Waals surface area contributed by atoms with E-state index >= 15 is 0 Å². The quantitative estimate of drug-likeness (QED) is 0.302. The Morgan fingerprint density at radius 3 is 2.40 bits per heavy atom. The number of nitrogen functional groups attached to an aromatic ring is 1. The maximum absolute atomic E-state index is 13.6. The highest BCUT2D eigenvalue weighted by Gasteiger charge is 2.41. The third-order valence-corrected chi connectivity index (χ3v) is 7.20. The van der Waals surface area contributed by atoms with Crippen LogP contribution >= 0.6 is 58.2 Å². The van der Waals surface area contributed by atoms with E-state index in [0.717, 1.165) is 0 Å². The third kappa shape index (κ3) is 5.63. The van der Waals surface area contributed by atoms with Crippen molar-refractivity contribution in [3.05, 3.63) is 74.7 Å². The number of hydrazine groups is 1. The van der Waals surface area contributed by atoms with Crippen molar-refractivity contribution in [3.63, 3.8) is 0 Å². The Balaban J connectivity index is 1.80. The molecule has 3 aromatic carbocycles. The first-order chi connectivity index (χ1) is 16.6. The molecular weight excluding hydrogens is 552 g/mol. The topological polar surface area (TPSA) is 99.8 Å². The van der Waals surface area contributed by atoms with Gasteiger partial charge >= 0.3 is 0 Å². The lowest BCUT2D eigenvalue weighted by Gasteiger charge is -2.19. The zero-order chi connectivity index (χ0) is 25.3. The first kappa shape index (κ1) is 25.5. The maximum atomic E-state index is 13.6. The van der Waals surface area contributed by atoms with Gasteiger partial charge in [0.05, 0.1) is 20.8 Å². The zero-order valence-electron chi connectivity index (χ0n) is 18.0. The summed E-state index contributed by atoms with van der Waals surface area (Å²) in [6.07, 6.45) is 0. The fraction of sp³-hybridized carbons (Fsp3) is 0.0870. The maximum Gasteiger partial charge on any atom is 0.267 e. The third-order valence-electron chi connectivity index (χ3n) is 4.80. The Morgan fingerprint density at radius 1 is 1.06 bits per heavy atom. The van der Waals surface area contributed by atoms with Crippen LogP contribution in [0.2, 0.25) is 20.1 Å². The number of amidine groups is 1. The van der Waals surface area contributed by atoms with E-state index in [1.54, 1.807) is 36.4 Å². The molecule has 0 radical (unpaired) electrons. The van der Waals surface area contributed by atoms with Crippen molar-refractivity contribution in [3.8, 4) is 0 Å². The van der Waals surface area contributed by atoms with Crippen molar-refractivity contribution in [2.75, 3.05) is 16.1 Å². The molecule has 0 spiro atoms. The van der Waals surface area contributed by atoms with Gasteiger partial charge in [-0.15, -0.1) is 11.8 Å². The molecule has 35 heavy (non-hydrogen) atoms. The van der Waals surface area contributed by atoms with Crippen molar-refractivity contribution in [1.29, 1.82) is 0 Å². The number of para-hydroxylation sites is 1. The number of carbonyl (C=O) groups is 2. The number of hydrogen-bond acceptors (Lipinski definition) is 5. The fourth-order valence-electron chi connectivity index (χ4n) is 3.29. The average Bonchev–Trinajstić information content (AvgIpc) is 3.06. The minimum atomic E-state index is -0.831. The Kier molecular flexibility index (Phi) is 7.68. The van der Waals surface area contributed by atoms with Crippen LogP contribution in [-0.2, 0) is 9.59 Å². The summed E-state index contributed by atoms with van der Waals surface area (Å²) in [6.45, 7) is 1.39. The van der Waals surface area contributed by atoms with Crippen molar-refractivity contribution < 1.29 is 9.59 Å². The van der Waals surface area contributed by atoms with Gasteiger partial charge < -0.3 is 11.1 Å². The second-order valence-electron chi connectivity index (χ2n) is 7.38. The standard InChI is InChI=1S/C23H17Cl4N5O2S/c1-11(33)29-13-6-7-14(25)18(10-13)30-22-21(35-19-5-3-2-4-17(19)28)23(34)32(31-22)20-15(26)8-12(24)9-16(20)27/h2-10,21H,28H2,1H3,(H,29,33)(H,30,31). The molecule has 1 aliphatic rings. The predicted molar refractivity (Wildman–Crippen MR) is 145 cm³/mol. The molecule has 0 aromatic heterocycles. The minimum Gasteiger partial charge on any atom is -0.398 e.